The first-order chi connectivity index (χ1) is 18.4. The summed E-state index contributed by atoms with van der Waals surface area (Å²) in [5.41, 5.74) is -0.1000. The van der Waals surface area contributed by atoms with E-state index in [0.29, 0.717) is 12.2 Å². The van der Waals surface area contributed by atoms with E-state index in [2.05, 4.69) is 25.9 Å². The zero-order valence-electron chi connectivity index (χ0n) is 22.2. The second kappa shape index (κ2) is 11.2. The third-order valence-electron chi connectivity index (χ3n) is 7.24. The van der Waals surface area contributed by atoms with Gasteiger partial charge in [0.15, 0.2) is 0 Å². The van der Waals surface area contributed by atoms with Crippen molar-refractivity contribution in [2.75, 3.05) is 18.9 Å². The van der Waals surface area contributed by atoms with Crippen molar-refractivity contribution < 1.29 is 22.8 Å². The molecule has 2 aromatic heterocycles. The van der Waals surface area contributed by atoms with E-state index < -0.39 is 60.1 Å². The van der Waals surface area contributed by atoms with Crippen LogP contribution in [0, 0.1) is 11.9 Å². The summed E-state index contributed by atoms with van der Waals surface area (Å²) in [4.78, 5) is 38.8. The minimum Gasteiger partial charge on any atom is -0.339 e. The summed E-state index contributed by atoms with van der Waals surface area (Å²) in [5.74, 6) is -5.66. The first-order valence-electron chi connectivity index (χ1n) is 12.9. The smallest absolute Gasteiger partial charge is 0.269 e. The Morgan fingerprint density at radius 2 is 1.90 bits per heavy atom. The lowest BCUT2D eigenvalue weighted by atomic mass is 9.81. The van der Waals surface area contributed by atoms with Gasteiger partial charge in [0.05, 0.1) is 12.2 Å². The van der Waals surface area contributed by atoms with Crippen molar-refractivity contribution in [2.45, 2.75) is 70.5 Å². The van der Waals surface area contributed by atoms with Gasteiger partial charge >= 0.3 is 0 Å². The van der Waals surface area contributed by atoms with Crippen LogP contribution in [0.5, 0.6) is 0 Å². The van der Waals surface area contributed by atoms with E-state index in [1.165, 1.54) is 23.1 Å². The third-order valence-corrected chi connectivity index (χ3v) is 7.24. The fourth-order valence-electron chi connectivity index (χ4n) is 5.15. The van der Waals surface area contributed by atoms with E-state index in [0.717, 1.165) is 0 Å². The minimum absolute atomic E-state index is 0.0157. The molecule has 2 aliphatic rings. The number of carbonyl (C=O) groups excluding carboxylic acids is 2. The molecular formula is C25H33F3N8O3. The molecule has 11 nitrogen and oxygen atoms in total. The lowest BCUT2D eigenvalue weighted by Gasteiger charge is -2.35. The molecule has 1 fully saturated rings. The lowest BCUT2D eigenvalue weighted by Crippen LogP contribution is -2.52. The number of alkyl halides is 2. The number of hydrogen-bond donors (Lipinski definition) is 3. The number of H-pyrrole nitrogens is 1. The SMILES string of the molecule is CC(C)N1C(C(=O)N[C@H](C(=O)Nc2cn([C@H](C)c3ccn[nH]c3=O)nc2F)C2CCC(F)(F)CC2)=CCN1C. The summed E-state index contributed by atoms with van der Waals surface area (Å²) in [6.07, 6.45) is 3.56. The van der Waals surface area contributed by atoms with E-state index in [1.807, 2.05) is 25.9 Å². The molecule has 39 heavy (non-hydrogen) atoms. The van der Waals surface area contributed by atoms with E-state index >= 15 is 0 Å². The average molecular weight is 551 g/mol. The molecular weight excluding hydrogens is 517 g/mol. The second-order valence-corrected chi connectivity index (χ2v) is 10.3. The Kier molecular flexibility index (Phi) is 8.14. The van der Waals surface area contributed by atoms with Crippen molar-refractivity contribution >= 4 is 17.5 Å². The molecule has 0 aromatic carbocycles. The Morgan fingerprint density at radius 3 is 2.54 bits per heavy atom. The number of halogens is 3. The number of anilines is 1. The first kappa shape index (κ1) is 28.3. The van der Waals surface area contributed by atoms with Gasteiger partial charge in [0, 0.05) is 44.2 Å². The first-order valence-corrected chi connectivity index (χ1v) is 12.9. The minimum atomic E-state index is -2.83. The summed E-state index contributed by atoms with van der Waals surface area (Å²) in [5, 5.41) is 18.6. The van der Waals surface area contributed by atoms with Gasteiger partial charge in [-0.2, -0.15) is 9.49 Å². The molecule has 0 spiro atoms. The molecule has 0 saturated heterocycles. The van der Waals surface area contributed by atoms with Crippen molar-refractivity contribution in [1.82, 2.24) is 35.3 Å². The van der Waals surface area contributed by atoms with Crippen LogP contribution in [0.4, 0.5) is 18.9 Å². The topological polar surface area (TPSA) is 128 Å². The quantitative estimate of drug-likeness (QED) is 0.461. The number of rotatable bonds is 8. The molecule has 3 heterocycles. The maximum absolute atomic E-state index is 14.8. The van der Waals surface area contributed by atoms with Gasteiger partial charge in [-0.05, 0) is 51.7 Å². The molecule has 212 valence electrons. The van der Waals surface area contributed by atoms with Crippen LogP contribution in [-0.2, 0) is 9.59 Å². The highest BCUT2D eigenvalue weighted by molar-refractivity contribution is 6.01. The average Bonchev–Trinajstić information content (AvgIpc) is 3.45. The zero-order chi connectivity index (χ0) is 28.5. The maximum Gasteiger partial charge on any atom is 0.269 e. The normalized spacial score (nSPS) is 19.6. The van der Waals surface area contributed by atoms with Crippen LogP contribution < -0.4 is 16.2 Å². The number of hydrazine groups is 1. The highest BCUT2D eigenvalue weighted by atomic mass is 19.3. The largest absolute Gasteiger partial charge is 0.339 e. The summed E-state index contributed by atoms with van der Waals surface area (Å²) in [6.45, 7) is 5.95. The van der Waals surface area contributed by atoms with Crippen molar-refractivity contribution in [3.8, 4) is 0 Å². The Morgan fingerprint density at radius 1 is 1.21 bits per heavy atom. The Bertz CT molecular complexity index is 1300. The molecule has 0 unspecified atom stereocenters. The molecule has 2 aromatic rings. The van der Waals surface area contributed by atoms with Crippen LogP contribution in [0.3, 0.4) is 0 Å². The Balaban J connectivity index is 1.55. The molecule has 4 rings (SSSR count). The van der Waals surface area contributed by atoms with Gasteiger partial charge in [-0.15, -0.1) is 5.10 Å². The van der Waals surface area contributed by atoms with Crippen LogP contribution in [-0.4, -0.2) is 73.4 Å². The maximum atomic E-state index is 14.8. The molecule has 1 aliphatic heterocycles. The summed E-state index contributed by atoms with van der Waals surface area (Å²) >= 11 is 0. The van der Waals surface area contributed by atoms with Crippen molar-refractivity contribution in [3.05, 3.63) is 52.1 Å². The number of nitrogens with zero attached hydrogens (tertiary/aromatic N) is 5. The molecule has 1 saturated carbocycles. The summed E-state index contributed by atoms with van der Waals surface area (Å²) < 4.78 is 43.7. The number of carbonyl (C=O) groups is 2. The van der Waals surface area contributed by atoms with Crippen LogP contribution in [0.15, 0.2) is 35.0 Å². The number of nitrogens with one attached hydrogen (secondary N) is 3. The van der Waals surface area contributed by atoms with E-state index in [9.17, 15) is 27.6 Å². The number of aromatic amines is 1. The highest BCUT2D eigenvalue weighted by Crippen LogP contribution is 2.38. The predicted molar refractivity (Wildman–Crippen MR) is 136 cm³/mol. The highest BCUT2D eigenvalue weighted by Gasteiger charge is 2.41. The van der Waals surface area contributed by atoms with Gasteiger partial charge in [0.1, 0.15) is 17.4 Å². The van der Waals surface area contributed by atoms with Crippen LogP contribution in [0.25, 0.3) is 0 Å². The van der Waals surface area contributed by atoms with Gasteiger partial charge in [0.2, 0.25) is 11.8 Å². The summed E-state index contributed by atoms with van der Waals surface area (Å²) in [6, 6.07) is -0.426. The third kappa shape index (κ3) is 6.15. The van der Waals surface area contributed by atoms with Gasteiger partial charge < -0.3 is 10.6 Å². The van der Waals surface area contributed by atoms with Crippen LogP contribution in [0.2, 0.25) is 0 Å². The molecule has 2 atom stereocenters. The molecule has 0 bridgehead atoms. The fraction of sp³-hybridized carbons (Fsp3) is 0.560. The Labute approximate surface area is 223 Å². The second-order valence-electron chi connectivity index (χ2n) is 10.3. The molecule has 2 amide bonds. The number of amides is 2. The van der Waals surface area contributed by atoms with Crippen LogP contribution in [0.1, 0.15) is 58.1 Å². The van der Waals surface area contributed by atoms with E-state index in [1.54, 1.807) is 18.0 Å². The fourth-order valence-corrected chi connectivity index (χ4v) is 5.15. The van der Waals surface area contributed by atoms with Crippen molar-refractivity contribution in [2.24, 2.45) is 5.92 Å². The van der Waals surface area contributed by atoms with Gasteiger partial charge in [-0.25, -0.2) is 18.9 Å². The van der Waals surface area contributed by atoms with E-state index in [-0.39, 0.29) is 30.1 Å². The van der Waals surface area contributed by atoms with Crippen molar-refractivity contribution in [3.63, 3.8) is 0 Å². The molecule has 14 heteroatoms. The number of aromatic nitrogens is 4. The van der Waals surface area contributed by atoms with Gasteiger partial charge in [0.25, 0.3) is 17.4 Å². The molecule has 1 aliphatic carbocycles. The van der Waals surface area contributed by atoms with Crippen molar-refractivity contribution in [1.29, 1.82) is 0 Å². The number of likely N-dealkylation sites (N-methyl/N-ethyl adjacent to an activating group) is 1. The van der Waals surface area contributed by atoms with Gasteiger partial charge in [-0.1, -0.05) is 0 Å². The molecule has 3 N–H and O–H groups in total. The predicted octanol–water partition coefficient (Wildman–Crippen LogP) is 2.42. The lowest BCUT2D eigenvalue weighted by molar-refractivity contribution is -0.129. The summed E-state index contributed by atoms with van der Waals surface area (Å²) in [7, 11) is 1.82. The van der Waals surface area contributed by atoms with Crippen LogP contribution >= 0.6 is 0 Å². The monoisotopic (exact) mass is 550 g/mol. The van der Waals surface area contributed by atoms with E-state index in [4.69, 9.17) is 0 Å². The Hall–Kier alpha value is -3.68. The number of hydrogen-bond acceptors (Lipinski definition) is 7. The zero-order valence-corrected chi connectivity index (χ0v) is 22.2. The molecule has 0 radical (unpaired) electrons. The standard InChI is InChI=1S/C25H33F3N8O3/c1-14(2)36-19(8-12-34(36)4)23(38)31-20(16-5-9-25(27,28)10-6-16)24(39)30-18-13-35(33-21(18)26)15(3)17-7-11-29-32-22(17)37/h7-8,11,13-16,20H,5-6,9-10,12H2,1-4H3,(H,30,39)(H,31,38)(H,32,37)/t15-,20+/m1/s1. The van der Waals surface area contributed by atoms with Gasteiger partial charge in [-0.3, -0.25) is 24.1 Å².